The predicted octanol–water partition coefficient (Wildman–Crippen LogP) is 2.17. The first-order chi connectivity index (χ1) is 9.22. The van der Waals surface area contributed by atoms with Crippen LogP contribution in [0.25, 0.3) is 22.2 Å². The van der Waals surface area contributed by atoms with Crippen LogP contribution in [0.2, 0.25) is 0 Å². The molecule has 0 fully saturated rings. The summed E-state index contributed by atoms with van der Waals surface area (Å²) in [4.78, 5) is 0. The molecule has 19 heavy (non-hydrogen) atoms. The van der Waals surface area contributed by atoms with E-state index in [1.807, 2.05) is 30.3 Å². The van der Waals surface area contributed by atoms with Gasteiger partial charge in [0.15, 0.2) is 0 Å². The van der Waals surface area contributed by atoms with Gasteiger partial charge in [-0.1, -0.05) is 18.2 Å². The molecule has 3 N–H and O–H groups in total. The van der Waals surface area contributed by atoms with Crippen LogP contribution in [0.15, 0.2) is 42.5 Å². The number of fused-ring (bicyclic) bond motifs is 1. The fourth-order valence-corrected chi connectivity index (χ4v) is 2.19. The van der Waals surface area contributed by atoms with Crippen molar-refractivity contribution < 1.29 is 8.76 Å². The van der Waals surface area contributed by atoms with Gasteiger partial charge < -0.3 is 0 Å². The van der Waals surface area contributed by atoms with Gasteiger partial charge in [-0.15, -0.1) is 0 Å². The molecule has 3 aromatic rings. The SMILES string of the molecule is O=S(O)Nc1ccc(-c2ccc3n[nH]nc3c2)cc1. The molecule has 1 aromatic heterocycles. The van der Waals surface area contributed by atoms with Crippen LogP contribution < -0.4 is 4.72 Å². The van der Waals surface area contributed by atoms with E-state index in [1.165, 1.54) is 0 Å². The van der Waals surface area contributed by atoms with Crippen molar-refractivity contribution in [2.45, 2.75) is 0 Å². The summed E-state index contributed by atoms with van der Waals surface area (Å²) >= 11 is -2.05. The molecular weight excluding hydrogens is 264 g/mol. The second kappa shape index (κ2) is 4.79. The maximum atomic E-state index is 10.6. The highest BCUT2D eigenvalue weighted by atomic mass is 32.2. The Hall–Kier alpha value is -2.25. The zero-order valence-electron chi connectivity index (χ0n) is 9.70. The first kappa shape index (κ1) is 11.8. The van der Waals surface area contributed by atoms with Crippen molar-refractivity contribution >= 4 is 28.0 Å². The summed E-state index contributed by atoms with van der Waals surface area (Å²) in [6, 6.07) is 13.0. The molecule has 1 unspecified atom stereocenters. The Balaban J connectivity index is 1.94. The van der Waals surface area contributed by atoms with Crippen LogP contribution in [-0.4, -0.2) is 24.2 Å². The van der Waals surface area contributed by atoms with Gasteiger partial charge in [0, 0.05) is 5.69 Å². The third kappa shape index (κ3) is 2.47. The molecule has 1 heterocycles. The van der Waals surface area contributed by atoms with Crippen LogP contribution in [0, 0.1) is 0 Å². The molecule has 0 saturated carbocycles. The average molecular weight is 274 g/mol. The summed E-state index contributed by atoms with van der Waals surface area (Å²) < 4.78 is 21.8. The highest BCUT2D eigenvalue weighted by Gasteiger charge is 2.03. The zero-order valence-corrected chi connectivity index (χ0v) is 10.5. The van der Waals surface area contributed by atoms with Gasteiger partial charge in [0.25, 0.3) is 11.3 Å². The molecule has 3 rings (SSSR count). The van der Waals surface area contributed by atoms with Crippen LogP contribution >= 0.6 is 0 Å². The lowest BCUT2D eigenvalue weighted by Crippen LogP contribution is -2.01. The van der Waals surface area contributed by atoms with Crippen LogP contribution in [0.5, 0.6) is 0 Å². The van der Waals surface area contributed by atoms with Gasteiger partial charge in [-0.25, -0.2) is 4.21 Å². The van der Waals surface area contributed by atoms with Crippen LogP contribution in [-0.2, 0) is 11.3 Å². The molecule has 1 atom stereocenters. The molecule has 0 bridgehead atoms. The van der Waals surface area contributed by atoms with Gasteiger partial charge in [-0.2, -0.15) is 15.4 Å². The van der Waals surface area contributed by atoms with Crippen LogP contribution in [0.3, 0.4) is 0 Å². The minimum Gasteiger partial charge on any atom is -0.289 e. The summed E-state index contributed by atoms with van der Waals surface area (Å²) in [5.74, 6) is 0. The smallest absolute Gasteiger partial charge is 0.259 e. The molecule has 2 aromatic carbocycles. The number of H-pyrrole nitrogens is 1. The Bertz CT molecular complexity index is 739. The highest BCUT2D eigenvalue weighted by molar-refractivity contribution is 7.80. The summed E-state index contributed by atoms with van der Waals surface area (Å²) in [7, 11) is 0. The van der Waals surface area contributed by atoms with Crippen LogP contribution in [0.1, 0.15) is 0 Å². The van der Waals surface area contributed by atoms with E-state index in [4.69, 9.17) is 4.55 Å². The number of benzene rings is 2. The van der Waals surface area contributed by atoms with E-state index in [-0.39, 0.29) is 0 Å². The van der Waals surface area contributed by atoms with Crippen molar-refractivity contribution in [2.24, 2.45) is 0 Å². The maximum absolute atomic E-state index is 10.6. The lowest BCUT2D eigenvalue weighted by atomic mass is 10.0. The van der Waals surface area contributed by atoms with E-state index in [0.29, 0.717) is 5.69 Å². The third-order valence-corrected chi connectivity index (χ3v) is 3.15. The van der Waals surface area contributed by atoms with E-state index >= 15 is 0 Å². The normalized spacial score (nSPS) is 12.5. The first-order valence-corrected chi connectivity index (χ1v) is 6.61. The van der Waals surface area contributed by atoms with E-state index in [0.717, 1.165) is 22.2 Å². The fraction of sp³-hybridized carbons (Fsp3) is 0. The number of aromatic amines is 1. The molecule has 0 aliphatic rings. The number of aromatic nitrogens is 3. The van der Waals surface area contributed by atoms with E-state index in [2.05, 4.69) is 20.1 Å². The topological polar surface area (TPSA) is 90.9 Å². The number of nitrogens with zero attached hydrogens (tertiary/aromatic N) is 2. The lowest BCUT2D eigenvalue weighted by Gasteiger charge is -2.04. The Labute approximate surface area is 111 Å². The summed E-state index contributed by atoms with van der Waals surface area (Å²) in [5, 5.41) is 10.6. The minimum absolute atomic E-state index is 0.590. The van der Waals surface area contributed by atoms with E-state index in [1.54, 1.807) is 12.1 Å². The quantitative estimate of drug-likeness (QED) is 0.638. The number of hydrogen-bond donors (Lipinski definition) is 3. The maximum Gasteiger partial charge on any atom is 0.259 e. The minimum atomic E-state index is -2.05. The second-order valence-corrected chi connectivity index (χ2v) is 4.66. The molecule has 0 saturated heterocycles. The van der Waals surface area contributed by atoms with Gasteiger partial charge in [0.2, 0.25) is 0 Å². The Morgan fingerprint density at radius 2 is 1.68 bits per heavy atom. The molecule has 0 aliphatic carbocycles. The van der Waals surface area contributed by atoms with Crippen molar-refractivity contribution in [1.82, 2.24) is 15.4 Å². The molecule has 7 heteroatoms. The van der Waals surface area contributed by atoms with Crippen molar-refractivity contribution in [3.05, 3.63) is 42.5 Å². The van der Waals surface area contributed by atoms with Gasteiger partial charge in [-0.3, -0.25) is 9.27 Å². The molecular formula is C12H10N4O2S. The average Bonchev–Trinajstić information content (AvgIpc) is 2.86. The van der Waals surface area contributed by atoms with Gasteiger partial charge in [-0.05, 0) is 35.4 Å². The molecule has 0 amide bonds. The van der Waals surface area contributed by atoms with Crippen molar-refractivity contribution in [3.8, 4) is 11.1 Å². The molecule has 6 nitrogen and oxygen atoms in total. The number of rotatable bonds is 3. The highest BCUT2D eigenvalue weighted by Crippen LogP contribution is 2.24. The Morgan fingerprint density at radius 1 is 1.00 bits per heavy atom. The largest absolute Gasteiger partial charge is 0.289 e. The van der Waals surface area contributed by atoms with Gasteiger partial charge in [0.05, 0.1) is 0 Å². The molecule has 96 valence electrons. The van der Waals surface area contributed by atoms with E-state index in [9.17, 15) is 4.21 Å². The number of nitrogens with one attached hydrogen (secondary N) is 2. The number of hydrogen-bond acceptors (Lipinski definition) is 3. The summed E-state index contributed by atoms with van der Waals surface area (Å²) in [5.41, 5.74) is 4.22. The van der Waals surface area contributed by atoms with Crippen molar-refractivity contribution in [1.29, 1.82) is 0 Å². The molecule has 0 spiro atoms. The van der Waals surface area contributed by atoms with Crippen molar-refractivity contribution in [2.75, 3.05) is 4.72 Å². The fourth-order valence-electron chi connectivity index (χ4n) is 1.85. The molecule has 0 radical (unpaired) electrons. The van der Waals surface area contributed by atoms with E-state index < -0.39 is 11.3 Å². The van der Waals surface area contributed by atoms with Gasteiger partial charge in [0.1, 0.15) is 11.0 Å². The lowest BCUT2D eigenvalue weighted by molar-refractivity contribution is 0.570. The van der Waals surface area contributed by atoms with Crippen LogP contribution in [0.4, 0.5) is 5.69 Å². The standard InChI is InChI=1S/C12H10N4O2S/c17-19(18)15-10-4-1-8(2-5-10)9-3-6-11-12(7-9)14-16-13-11/h1-7,15H,(H,17,18)(H,13,14,16). The monoisotopic (exact) mass is 274 g/mol. The Morgan fingerprint density at radius 3 is 2.42 bits per heavy atom. The zero-order chi connectivity index (χ0) is 13.2. The van der Waals surface area contributed by atoms with Crippen molar-refractivity contribution in [3.63, 3.8) is 0 Å². The summed E-state index contributed by atoms with van der Waals surface area (Å²) in [6.45, 7) is 0. The first-order valence-electron chi connectivity index (χ1n) is 5.51. The molecule has 0 aliphatic heterocycles. The van der Waals surface area contributed by atoms with Gasteiger partial charge >= 0.3 is 0 Å². The second-order valence-electron chi connectivity index (χ2n) is 3.96. The third-order valence-electron chi connectivity index (χ3n) is 2.74. The predicted molar refractivity (Wildman–Crippen MR) is 73.7 cm³/mol. The Kier molecular flexibility index (Phi) is 2.98. The number of anilines is 1. The summed E-state index contributed by atoms with van der Waals surface area (Å²) in [6.07, 6.45) is 0.